The van der Waals surface area contributed by atoms with Crippen LogP contribution in [0.3, 0.4) is 0 Å². The molecule has 2 N–H and O–H groups in total. The summed E-state index contributed by atoms with van der Waals surface area (Å²) in [7, 11) is 0. The van der Waals surface area contributed by atoms with E-state index in [1.807, 2.05) is 0 Å². The molecular formula is C12H14N4O3. The lowest BCUT2D eigenvalue weighted by Crippen LogP contribution is -2.35. The third-order valence-corrected chi connectivity index (χ3v) is 3.34. The lowest BCUT2D eigenvalue weighted by atomic mass is 10.1. The molecule has 3 rings (SSSR count). The molecule has 7 nitrogen and oxygen atoms in total. The minimum atomic E-state index is -0.432. The van der Waals surface area contributed by atoms with Gasteiger partial charge in [-0.05, 0) is 25.9 Å². The normalized spacial score (nSPS) is 16.6. The number of pyridine rings is 1. The Balaban J connectivity index is 2.00. The fourth-order valence-corrected chi connectivity index (χ4v) is 2.35. The van der Waals surface area contributed by atoms with E-state index < -0.39 is 4.92 Å². The first-order valence-electron chi connectivity index (χ1n) is 6.23. The van der Waals surface area contributed by atoms with Gasteiger partial charge < -0.3 is 15.1 Å². The number of hydrogen-bond acceptors (Lipinski definition) is 6. The Kier molecular flexibility index (Phi) is 3.04. The topological polar surface area (TPSA) is 93.2 Å². The van der Waals surface area contributed by atoms with Crippen molar-refractivity contribution in [3.8, 4) is 0 Å². The molecule has 0 bridgehead atoms. The molecule has 0 unspecified atom stereocenters. The van der Waals surface area contributed by atoms with Crippen LogP contribution in [0.1, 0.15) is 12.8 Å². The predicted octanol–water partition coefficient (Wildman–Crippen LogP) is 1.90. The van der Waals surface area contributed by atoms with Crippen molar-refractivity contribution in [2.24, 2.45) is 0 Å². The molecule has 19 heavy (non-hydrogen) atoms. The second-order valence-electron chi connectivity index (χ2n) is 4.58. The molecule has 0 aliphatic carbocycles. The largest absolute Gasteiger partial charge is 0.460 e. The van der Waals surface area contributed by atoms with Crippen LogP contribution in [0.25, 0.3) is 11.1 Å². The van der Waals surface area contributed by atoms with Crippen molar-refractivity contribution < 1.29 is 9.34 Å². The summed E-state index contributed by atoms with van der Waals surface area (Å²) in [4.78, 5) is 14.7. The highest BCUT2D eigenvalue weighted by molar-refractivity contribution is 5.91. The van der Waals surface area contributed by atoms with E-state index in [1.165, 1.54) is 12.5 Å². The van der Waals surface area contributed by atoms with Crippen molar-refractivity contribution in [3.63, 3.8) is 0 Å². The predicted molar refractivity (Wildman–Crippen MR) is 70.2 cm³/mol. The van der Waals surface area contributed by atoms with E-state index in [0.717, 1.165) is 25.9 Å². The van der Waals surface area contributed by atoms with Gasteiger partial charge in [0.2, 0.25) is 0 Å². The number of rotatable bonds is 3. The fraction of sp³-hybridized carbons (Fsp3) is 0.417. The first-order chi connectivity index (χ1) is 9.25. The first-order valence-corrected chi connectivity index (χ1v) is 6.23. The summed E-state index contributed by atoms with van der Waals surface area (Å²) < 4.78 is 5.34. The van der Waals surface area contributed by atoms with Crippen molar-refractivity contribution in [3.05, 3.63) is 28.6 Å². The van der Waals surface area contributed by atoms with Crippen molar-refractivity contribution >= 4 is 22.5 Å². The Labute approximate surface area is 109 Å². The van der Waals surface area contributed by atoms with Crippen molar-refractivity contribution in [2.75, 3.05) is 18.4 Å². The average Bonchev–Trinajstić information content (AvgIpc) is 2.88. The van der Waals surface area contributed by atoms with E-state index in [-0.39, 0.29) is 11.7 Å². The quantitative estimate of drug-likeness (QED) is 0.648. The molecule has 1 saturated heterocycles. The minimum absolute atomic E-state index is 0.0408. The number of hydrogen-bond donors (Lipinski definition) is 2. The zero-order chi connectivity index (χ0) is 13.2. The Morgan fingerprint density at radius 1 is 1.47 bits per heavy atom. The molecule has 3 heterocycles. The zero-order valence-electron chi connectivity index (χ0n) is 10.3. The lowest BCUT2D eigenvalue weighted by Gasteiger charge is -2.24. The maximum absolute atomic E-state index is 11.1. The van der Waals surface area contributed by atoms with Gasteiger partial charge in [0.05, 0.1) is 11.2 Å². The standard InChI is InChI=1S/C12H14N4O3/c17-16(18)10-7-14-9-3-6-19-12(9)11(10)15-8-1-4-13-5-2-8/h3,6-8,13H,1-2,4-5H2,(H,14,15). The zero-order valence-corrected chi connectivity index (χ0v) is 10.3. The van der Waals surface area contributed by atoms with Crippen LogP contribution in [-0.2, 0) is 0 Å². The smallest absolute Gasteiger partial charge is 0.314 e. The van der Waals surface area contributed by atoms with Crippen LogP contribution in [0.15, 0.2) is 22.9 Å². The van der Waals surface area contributed by atoms with Crippen molar-refractivity contribution in [1.82, 2.24) is 10.3 Å². The van der Waals surface area contributed by atoms with Gasteiger partial charge in [-0.3, -0.25) is 10.1 Å². The molecule has 1 aliphatic rings. The summed E-state index contributed by atoms with van der Waals surface area (Å²) in [6.07, 6.45) is 4.64. The first kappa shape index (κ1) is 11.9. The van der Waals surface area contributed by atoms with E-state index in [4.69, 9.17) is 4.42 Å². The summed E-state index contributed by atoms with van der Waals surface area (Å²) in [5.74, 6) is 0. The van der Waals surface area contributed by atoms with Gasteiger partial charge in [-0.2, -0.15) is 0 Å². The molecule has 1 fully saturated rings. The van der Waals surface area contributed by atoms with Crippen LogP contribution >= 0.6 is 0 Å². The second kappa shape index (κ2) is 4.85. The number of piperidine rings is 1. The highest BCUT2D eigenvalue weighted by Gasteiger charge is 2.23. The fourth-order valence-electron chi connectivity index (χ4n) is 2.35. The summed E-state index contributed by atoms with van der Waals surface area (Å²) in [5.41, 5.74) is 1.47. The summed E-state index contributed by atoms with van der Waals surface area (Å²) in [6, 6.07) is 1.92. The van der Waals surface area contributed by atoms with Crippen LogP contribution < -0.4 is 10.6 Å². The molecule has 1 aliphatic heterocycles. The molecule has 7 heteroatoms. The molecule has 0 amide bonds. The number of furan rings is 1. The third-order valence-electron chi connectivity index (χ3n) is 3.34. The van der Waals surface area contributed by atoms with E-state index >= 15 is 0 Å². The number of fused-ring (bicyclic) bond motifs is 1. The molecular weight excluding hydrogens is 248 g/mol. The monoisotopic (exact) mass is 262 g/mol. The molecule has 2 aromatic heterocycles. The summed E-state index contributed by atoms with van der Waals surface area (Å²) >= 11 is 0. The van der Waals surface area contributed by atoms with Gasteiger partial charge in [0.15, 0.2) is 11.3 Å². The molecule has 2 aromatic rings. The van der Waals surface area contributed by atoms with Crippen LogP contribution in [0.4, 0.5) is 11.4 Å². The Hall–Kier alpha value is -2.15. The number of nitrogens with one attached hydrogen (secondary N) is 2. The van der Waals surface area contributed by atoms with Gasteiger partial charge in [-0.25, -0.2) is 4.98 Å². The van der Waals surface area contributed by atoms with Gasteiger partial charge in [-0.15, -0.1) is 0 Å². The highest BCUT2D eigenvalue weighted by atomic mass is 16.6. The molecule has 100 valence electrons. The Morgan fingerprint density at radius 3 is 3.00 bits per heavy atom. The van der Waals surface area contributed by atoms with Crippen LogP contribution in [0, 0.1) is 10.1 Å². The Bertz CT molecular complexity index is 604. The summed E-state index contributed by atoms with van der Waals surface area (Å²) in [5, 5.41) is 17.6. The SMILES string of the molecule is O=[N+]([O-])c1cnc2ccoc2c1NC1CCNCC1. The number of nitro groups is 1. The molecule has 0 saturated carbocycles. The van der Waals surface area contributed by atoms with Gasteiger partial charge in [0.25, 0.3) is 0 Å². The van der Waals surface area contributed by atoms with E-state index in [0.29, 0.717) is 16.8 Å². The van der Waals surface area contributed by atoms with Crippen LogP contribution in [0.2, 0.25) is 0 Å². The van der Waals surface area contributed by atoms with Crippen molar-refractivity contribution in [1.29, 1.82) is 0 Å². The van der Waals surface area contributed by atoms with Gasteiger partial charge in [-0.1, -0.05) is 0 Å². The van der Waals surface area contributed by atoms with E-state index in [2.05, 4.69) is 15.6 Å². The van der Waals surface area contributed by atoms with Crippen LogP contribution in [0.5, 0.6) is 0 Å². The second-order valence-corrected chi connectivity index (χ2v) is 4.58. The minimum Gasteiger partial charge on any atom is -0.460 e. The third kappa shape index (κ3) is 2.24. The van der Waals surface area contributed by atoms with Crippen molar-refractivity contribution in [2.45, 2.75) is 18.9 Å². The van der Waals surface area contributed by atoms with Gasteiger partial charge >= 0.3 is 5.69 Å². The highest BCUT2D eigenvalue weighted by Crippen LogP contribution is 2.33. The number of aromatic nitrogens is 1. The van der Waals surface area contributed by atoms with Gasteiger partial charge in [0, 0.05) is 12.1 Å². The number of nitrogens with zero attached hydrogens (tertiary/aromatic N) is 2. The molecule has 0 spiro atoms. The average molecular weight is 262 g/mol. The number of anilines is 1. The Morgan fingerprint density at radius 2 is 2.26 bits per heavy atom. The molecule has 0 aromatic carbocycles. The van der Waals surface area contributed by atoms with Crippen LogP contribution in [-0.4, -0.2) is 29.0 Å². The lowest BCUT2D eigenvalue weighted by molar-refractivity contribution is -0.384. The maximum Gasteiger partial charge on any atom is 0.314 e. The maximum atomic E-state index is 11.1. The van der Waals surface area contributed by atoms with E-state index in [1.54, 1.807) is 6.07 Å². The molecule has 0 radical (unpaired) electrons. The van der Waals surface area contributed by atoms with E-state index in [9.17, 15) is 10.1 Å². The van der Waals surface area contributed by atoms with Gasteiger partial charge in [0.1, 0.15) is 11.7 Å². The molecule has 0 atom stereocenters. The summed E-state index contributed by atoms with van der Waals surface area (Å²) in [6.45, 7) is 1.83.